The van der Waals surface area contributed by atoms with Gasteiger partial charge in [0.1, 0.15) is 11.9 Å². The van der Waals surface area contributed by atoms with Crippen molar-refractivity contribution in [3.05, 3.63) is 95.7 Å². The highest BCUT2D eigenvalue weighted by Crippen LogP contribution is 2.18. The van der Waals surface area contributed by atoms with Gasteiger partial charge in [0.15, 0.2) is 0 Å². The van der Waals surface area contributed by atoms with Gasteiger partial charge in [0.05, 0.1) is 0 Å². The molecule has 2 aromatic carbocycles. The molecule has 0 amide bonds. The summed E-state index contributed by atoms with van der Waals surface area (Å²) in [5.41, 5.74) is 3.30. The number of pyridine rings is 1. The van der Waals surface area contributed by atoms with E-state index in [0.29, 0.717) is 0 Å². The molecule has 1 aromatic heterocycles. The summed E-state index contributed by atoms with van der Waals surface area (Å²) in [5.74, 6) is 7.39. The van der Waals surface area contributed by atoms with Crippen LogP contribution in [-0.2, 0) is 0 Å². The lowest BCUT2D eigenvalue weighted by atomic mass is 10.1. The first-order chi connectivity index (χ1) is 11.3. The van der Waals surface area contributed by atoms with Crippen LogP contribution in [0, 0.1) is 18.8 Å². The molecular weight excluding hydrogens is 280 g/mol. The third-order valence-electron chi connectivity index (χ3n) is 3.48. The molecule has 0 bridgehead atoms. The van der Waals surface area contributed by atoms with Crippen LogP contribution in [0.3, 0.4) is 0 Å². The van der Waals surface area contributed by atoms with E-state index in [0.717, 1.165) is 16.9 Å². The fraction of sp³-hybridized carbons (Fsp3) is 0.0952. The zero-order chi connectivity index (χ0) is 15.9. The molecule has 0 aliphatic carbocycles. The van der Waals surface area contributed by atoms with Gasteiger partial charge in [-0.1, -0.05) is 60.4 Å². The van der Waals surface area contributed by atoms with Gasteiger partial charge in [0.2, 0.25) is 0 Å². The van der Waals surface area contributed by atoms with Gasteiger partial charge in [0.25, 0.3) is 0 Å². The Labute approximate surface area is 137 Å². The molecule has 3 rings (SSSR count). The van der Waals surface area contributed by atoms with E-state index in [1.165, 1.54) is 5.56 Å². The molecule has 112 valence electrons. The molecule has 0 fully saturated rings. The Morgan fingerprint density at radius 3 is 2.30 bits per heavy atom. The summed E-state index contributed by atoms with van der Waals surface area (Å²) >= 11 is 0. The zero-order valence-corrected chi connectivity index (χ0v) is 13.0. The maximum Gasteiger partial charge on any atom is 0.127 e. The van der Waals surface area contributed by atoms with E-state index >= 15 is 0 Å². The summed E-state index contributed by atoms with van der Waals surface area (Å²) in [5, 5.41) is 3.42. The topological polar surface area (TPSA) is 24.9 Å². The second kappa shape index (κ2) is 7.29. The highest BCUT2D eigenvalue weighted by Gasteiger charge is 2.08. The summed E-state index contributed by atoms with van der Waals surface area (Å²) in [6.07, 6.45) is 1.81. The second-order valence-corrected chi connectivity index (χ2v) is 5.34. The second-order valence-electron chi connectivity index (χ2n) is 5.34. The Bertz CT molecular complexity index is 814. The number of benzene rings is 2. The molecule has 0 saturated heterocycles. The van der Waals surface area contributed by atoms with E-state index in [4.69, 9.17) is 0 Å². The van der Waals surface area contributed by atoms with Gasteiger partial charge in [-0.25, -0.2) is 4.98 Å². The van der Waals surface area contributed by atoms with Crippen LogP contribution in [0.5, 0.6) is 0 Å². The Morgan fingerprint density at radius 1 is 0.913 bits per heavy atom. The van der Waals surface area contributed by atoms with Gasteiger partial charge in [0, 0.05) is 11.8 Å². The van der Waals surface area contributed by atoms with E-state index in [2.05, 4.69) is 41.2 Å². The summed E-state index contributed by atoms with van der Waals surface area (Å²) < 4.78 is 0. The summed E-state index contributed by atoms with van der Waals surface area (Å²) in [6.45, 7) is 2.06. The average molecular weight is 298 g/mol. The summed E-state index contributed by atoms with van der Waals surface area (Å²) in [6, 6.07) is 24.1. The van der Waals surface area contributed by atoms with Crippen LogP contribution in [0.15, 0.2) is 79.0 Å². The third kappa shape index (κ3) is 4.21. The van der Waals surface area contributed by atoms with Crippen LogP contribution in [0.1, 0.15) is 22.7 Å². The molecule has 0 saturated carbocycles. The Kier molecular flexibility index (Phi) is 4.71. The normalized spacial score (nSPS) is 11.2. The molecule has 0 spiro atoms. The number of nitrogens with zero attached hydrogens (tertiary/aromatic N) is 1. The Hall–Kier alpha value is -3.05. The van der Waals surface area contributed by atoms with Gasteiger partial charge in [-0.05, 0) is 42.3 Å². The van der Waals surface area contributed by atoms with Crippen molar-refractivity contribution in [2.45, 2.75) is 13.0 Å². The first-order valence-electron chi connectivity index (χ1n) is 7.62. The number of anilines is 1. The zero-order valence-electron chi connectivity index (χ0n) is 13.0. The number of aromatic nitrogens is 1. The molecule has 1 atom stereocenters. The largest absolute Gasteiger partial charge is 0.353 e. The molecule has 2 nitrogen and oxygen atoms in total. The molecule has 0 aliphatic rings. The lowest BCUT2D eigenvalue weighted by molar-refractivity contribution is 0.999. The van der Waals surface area contributed by atoms with Crippen molar-refractivity contribution < 1.29 is 0 Å². The molecule has 23 heavy (non-hydrogen) atoms. The highest BCUT2D eigenvalue weighted by molar-refractivity contribution is 5.46. The first-order valence-corrected chi connectivity index (χ1v) is 7.62. The quantitative estimate of drug-likeness (QED) is 0.715. The number of hydrogen-bond acceptors (Lipinski definition) is 2. The lowest BCUT2D eigenvalue weighted by Crippen LogP contribution is -2.10. The molecule has 2 heteroatoms. The third-order valence-corrected chi connectivity index (χ3v) is 3.48. The summed E-state index contributed by atoms with van der Waals surface area (Å²) in [4.78, 5) is 4.38. The molecule has 1 N–H and O–H groups in total. The average Bonchev–Trinajstić information content (AvgIpc) is 2.60. The van der Waals surface area contributed by atoms with Crippen molar-refractivity contribution in [3.63, 3.8) is 0 Å². The number of nitrogens with one attached hydrogen (secondary N) is 1. The van der Waals surface area contributed by atoms with Crippen molar-refractivity contribution in [2.75, 3.05) is 5.32 Å². The van der Waals surface area contributed by atoms with Crippen LogP contribution in [0.4, 0.5) is 5.82 Å². The van der Waals surface area contributed by atoms with Crippen molar-refractivity contribution in [2.24, 2.45) is 0 Å². The first kappa shape index (κ1) is 14.9. The van der Waals surface area contributed by atoms with Crippen molar-refractivity contribution in [1.82, 2.24) is 4.98 Å². The van der Waals surface area contributed by atoms with Gasteiger partial charge < -0.3 is 5.32 Å². The standard InChI is InChI=1S/C21H18N2/c1-17-14-15-22-21(16-17)23-20(19-10-6-3-7-11-19)13-12-18-8-4-2-5-9-18/h2-11,14-16,20H,1H3,(H,22,23). The van der Waals surface area contributed by atoms with Crippen LogP contribution in [0.2, 0.25) is 0 Å². The monoisotopic (exact) mass is 298 g/mol. The van der Waals surface area contributed by atoms with E-state index in [1.54, 1.807) is 0 Å². The number of aryl methyl sites for hydroxylation is 1. The van der Waals surface area contributed by atoms with Gasteiger partial charge in [-0.2, -0.15) is 0 Å². The summed E-state index contributed by atoms with van der Waals surface area (Å²) in [7, 11) is 0. The Morgan fingerprint density at radius 2 is 1.61 bits per heavy atom. The molecular formula is C21H18N2. The van der Waals surface area contributed by atoms with Crippen LogP contribution in [-0.4, -0.2) is 4.98 Å². The fourth-order valence-electron chi connectivity index (χ4n) is 2.29. The SMILES string of the molecule is Cc1ccnc(NC(C#Cc2ccccc2)c2ccccc2)c1. The van der Waals surface area contributed by atoms with Crippen LogP contribution in [0.25, 0.3) is 0 Å². The number of hydrogen-bond donors (Lipinski definition) is 1. The van der Waals surface area contributed by atoms with Crippen LogP contribution < -0.4 is 5.32 Å². The highest BCUT2D eigenvalue weighted by atomic mass is 15.0. The van der Waals surface area contributed by atoms with Gasteiger partial charge in [-0.15, -0.1) is 0 Å². The van der Waals surface area contributed by atoms with Gasteiger partial charge >= 0.3 is 0 Å². The lowest BCUT2D eigenvalue weighted by Gasteiger charge is -2.14. The van der Waals surface area contributed by atoms with Crippen LogP contribution >= 0.6 is 0 Å². The molecule has 1 heterocycles. The Balaban J connectivity index is 1.90. The molecule has 1 unspecified atom stereocenters. The van der Waals surface area contributed by atoms with Crippen molar-refractivity contribution in [3.8, 4) is 11.8 Å². The fourth-order valence-corrected chi connectivity index (χ4v) is 2.29. The maximum absolute atomic E-state index is 4.38. The molecule has 0 radical (unpaired) electrons. The predicted molar refractivity (Wildman–Crippen MR) is 95.1 cm³/mol. The maximum atomic E-state index is 4.38. The minimum absolute atomic E-state index is 0.106. The molecule has 3 aromatic rings. The van der Waals surface area contributed by atoms with E-state index in [1.807, 2.05) is 66.9 Å². The predicted octanol–water partition coefficient (Wildman–Crippen LogP) is 4.59. The smallest absolute Gasteiger partial charge is 0.127 e. The van der Waals surface area contributed by atoms with E-state index in [9.17, 15) is 0 Å². The van der Waals surface area contributed by atoms with Crippen molar-refractivity contribution >= 4 is 5.82 Å². The number of rotatable bonds is 3. The minimum Gasteiger partial charge on any atom is -0.353 e. The minimum atomic E-state index is -0.106. The molecule has 0 aliphatic heterocycles. The van der Waals surface area contributed by atoms with Gasteiger partial charge in [-0.3, -0.25) is 0 Å². The van der Waals surface area contributed by atoms with E-state index < -0.39 is 0 Å². The van der Waals surface area contributed by atoms with Crippen molar-refractivity contribution in [1.29, 1.82) is 0 Å². The van der Waals surface area contributed by atoms with E-state index in [-0.39, 0.29) is 6.04 Å².